The summed E-state index contributed by atoms with van der Waals surface area (Å²) in [5.74, 6) is -0.0968. The molecule has 1 unspecified atom stereocenters. The summed E-state index contributed by atoms with van der Waals surface area (Å²) in [5, 5.41) is 10.5. The van der Waals surface area contributed by atoms with Crippen LogP contribution in [0.3, 0.4) is 0 Å². The van der Waals surface area contributed by atoms with Gasteiger partial charge in [-0.2, -0.15) is 5.10 Å². The third kappa shape index (κ3) is 2.54. The van der Waals surface area contributed by atoms with Crippen LogP contribution < -0.4 is 10.6 Å². The third-order valence-corrected chi connectivity index (χ3v) is 3.30. The Balaban J connectivity index is 2.05. The van der Waals surface area contributed by atoms with Gasteiger partial charge in [-0.25, -0.2) is 0 Å². The molecule has 0 saturated carbocycles. The molecule has 0 spiro atoms. The first-order valence-electron chi connectivity index (χ1n) is 6.23. The predicted molar refractivity (Wildman–Crippen MR) is 67.5 cm³/mol. The highest BCUT2D eigenvalue weighted by Crippen LogP contribution is 2.07. The first kappa shape index (κ1) is 13.0. The zero-order valence-corrected chi connectivity index (χ0v) is 11.1. The number of carbonyl (C=O) groups is 1. The Bertz CT molecular complexity index is 430. The second-order valence-electron chi connectivity index (χ2n) is 4.51. The number of methoxy groups -OCH3 is 1. The molecule has 6 heteroatoms. The van der Waals surface area contributed by atoms with Gasteiger partial charge in [0.15, 0.2) is 0 Å². The molecular weight excluding hydrogens is 232 g/mol. The Labute approximate surface area is 107 Å². The molecule has 0 aromatic carbocycles. The maximum atomic E-state index is 12.2. The van der Waals surface area contributed by atoms with Gasteiger partial charge >= 0.3 is 0 Å². The minimum atomic E-state index is -0.0968. The van der Waals surface area contributed by atoms with E-state index in [0.717, 1.165) is 25.2 Å². The van der Waals surface area contributed by atoms with Crippen LogP contribution in [0, 0.1) is 0 Å². The Morgan fingerprint density at radius 1 is 1.67 bits per heavy atom. The summed E-state index contributed by atoms with van der Waals surface area (Å²) in [5.41, 5.74) is 1.52. The Hall–Kier alpha value is -1.40. The molecule has 0 bridgehead atoms. The summed E-state index contributed by atoms with van der Waals surface area (Å²) >= 11 is 0. The zero-order valence-electron chi connectivity index (χ0n) is 11.1. The fourth-order valence-corrected chi connectivity index (χ4v) is 2.20. The second-order valence-corrected chi connectivity index (χ2v) is 4.51. The van der Waals surface area contributed by atoms with E-state index in [1.54, 1.807) is 18.8 Å². The Kier molecular flexibility index (Phi) is 3.98. The average molecular weight is 252 g/mol. The van der Waals surface area contributed by atoms with Crippen LogP contribution in [-0.2, 0) is 18.2 Å². The predicted octanol–water partition coefficient (Wildman–Crippen LogP) is -0.301. The molecule has 0 radical (unpaired) electrons. The number of aromatic nitrogens is 2. The van der Waals surface area contributed by atoms with Crippen LogP contribution in [0.4, 0.5) is 0 Å². The van der Waals surface area contributed by atoms with Crippen LogP contribution in [0.1, 0.15) is 23.1 Å². The summed E-state index contributed by atoms with van der Waals surface area (Å²) in [7, 11) is 3.45. The molecule has 18 heavy (non-hydrogen) atoms. The molecule has 0 aliphatic carbocycles. The van der Waals surface area contributed by atoms with Gasteiger partial charge in [0.1, 0.15) is 5.69 Å². The quantitative estimate of drug-likeness (QED) is 0.772. The maximum absolute atomic E-state index is 12.2. The van der Waals surface area contributed by atoms with Gasteiger partial charge in [-0.1, -0.05) is 6.92 Å². The van der Waals surface area contributed by atoms with Crippen molar-refractivity contribution in [1.82, 2.24) is 20.4 Å². The minimum Gasteiger partial charge on any atom is -0.378 e. The fraction of sp³-hybridized carbons (Fsp3) is 0.667. The highest BCUT2D eigenvalue weighted by atomic mass is 16.5. The molecule has 1 aliphatic heterocycles. The lowest BCUT2D eigenvalue weighted by Crippen LogP contribution is -2.44. The molecule has 1 aliphatic rings. The number of hydrogen-bond donors (Lipinski definition) is 2. The van der Waals surface area contributed by atoms with Crippen molar-refractivity contribution < 1.29 is 9.53 Å². The van der Waals surface area contributed by atoms with Crippen molar-refractivity contribution in [2.75, 3.05) is 20.2 Å². The molecule has 1 fully saturated rings. The van der Waals surface area contributed by atoms with Gasteiger partial charge in [0.2, 0.25) is 0 Å². The van der Waals surface area contributed by atoms with Crippen molar-refractivity contribution in [1.29, 1.82) is 0 Å². The molecule has 2 atom stereocenters. The average Bonchev–Trinajstić information content (AvgIpc) is 2.95. The van der Waals surface area contributed by atoms with Crippen LogP contribution in [-0.4, -0.2) is 48.0 Å². The fourth-order valence-electron chi connectivity index (χ4n) is 2.20. The van der Waals surface area contributed by atoms with E-state index in [1.807, 2.05) is 13.0 Å². The van der Waals surface area contributed by atoms with Crippen LogP contribution in [0.2, 0.25) is 0 Å². The summed E-state index contributed by atoms with van der Waals surface area (Å²) in [6.07, 6.45) is 0.861. The lowest BCUT2D eigenvalue weighted by molar-refractivity contribution is 0.0773. The van der Waals surface area contributed by atoms with E-state index in [-0.39, 0.29) is 18.1 Å². The van der Waals surface area contributed by atoms with Crippen molar-refractivity contribution in [3.8, 4) is 0 Å². The SMILES string of the molecule is CCc1cc(C(=O)NC2CNC[C@@H]2OC)n(C)n1. The molecule has 1 aromatic rings. The number of amides is 1. The molecule has 100 valence electrons. The van der Waals surface area contributed by atoms with Crippen molar-refractivity contribution >= 4 is 5.91 Å². The lowest BCUT2D eigenvalue weighted by atomic mass is 10.2. The Morgan fingerprint density at radius 3 is 3.06 bits per heavy atom. The molecule has 6 nitrogen and oxygen atoms in total. The molecule has 1 aromatic heterocycles. The second kappa shape index (κ2) is 5.49. The molecule has 2 N–H and O–H groups in total. The number of ether oxygens (including phenoxy) is 1. The number of rotatable bonds is 4. The number of aryl methyl sites for hydroxylation is 2. The van der Waals surface area contributed by atoms with Gasteiger partial charge in [-0.15, -0.1) is 0 Å². The van der Waals surface area contributed by atoms with Gasteiger partial charge in [-0.05, 0) is 12.5 Å². The lowest BCUT2D eigenvalue weighted by Gasteiger charge is -2.18. The minimum absolute atomic E-state index is 0.0162. The van der Waals surface area contributed by atoms with Crippen LogP contribution in [0.15, 0.2) is 6.07 Å². The van der Waals surface area contributed by atoms with Crippen molar-refractivity contribution in [3.05, 3.63) is 17.5 Å². The van der Waals surface area contributed by atoms with E-state index in [4.69, 9.17) is 4.74 Å². The summed E-state index contributed by atoms with van der Waals surface area (Å²) < 4.78 is 6.94. The summed E-state index contributed by atoms with van der Waals surface area (Å²) in [4.78, 5) is 12.2. The van der Waals surface area contributed by atoms with Gasteiger partial charge in [0, 0.05) is 27.2 Å². The number of nitrogens with one attached hydrogen (secondary N) is 2. The first-order chi connectivity index (χ1) is 8.65. The number of hydrogen-bond acceptors (Lipinski definition) is 4. The largest absolute Gasteiger partial charge is 0.378 e. The van der Waals surface area contributed by atoms with Gasteiger partial charge in [0.05, 0.1) is 17.8 Å². The number of nitrogens with zero attached hydrogens (tertiary/aromatic N) is 2. The third-order valence-electron chi connectivity index (χ3n) is 3.30. The Morgan fingerprint density at radius 2 is 2.44 bits per heavy atom. The van der Waals surface area contributed by atoms with Gasteiger partial charge in [0.25, 0.3) is 5.91 Å². The molecular formula is C12H20N4O2. The molecule has 1 amide bonds. The highest BCUT2D eigenvalue weighted by molar-refractivity contribution is 5.92. The van der Waals surface area contributed by atoms with E-state index in [0.29, 0.717) is 5.69 Å². The van der Waals surface area contributed by atoms with Crippen molar-refractivity contribution in [2.24, 2.45) is 7.05 Å². The maximum Gasteiger partial charge on any atom is 0.269 e. The van der Waals surface area contributed by atoms with E-state index in [2.05, 4.69) is 15.7 Å². The molecule has 1 saturated heterocycles. The topological polar surface area (TPSA) is 68.2 Å². The monoisotopic (exact) mass is 252 g/mol. The van der Waals surface area contributed by atoms with Crippen LogP contribution >= 0.6 is 0 Å². The number of carbonyl (C=O) groups excluding carboxylic acids is 1. The van der Waals surface area contributed by atoms with Gasteiger partial charge in [-0.3, -0.25) is 9.48 Å². The first-order valence-corrected chi connectivity index (χ1v) is 6.23. The zero-order chi connectivity index (χ0) is 13.1. The van der Waals surface area contributed by atoms with Crippen molar-refractivity contribution in [2.45, 2.75) is 25.5 Å². The molecule has 2 heterocycles. The molecule has 2 rings (SSSR count). The summed E-state index contributed by atoms with van der Waals surface area (Å²) in [6.45, 7) is 3.53. The smallest absolute Gasteiger partial charge is 0.269 e. The van der Waals surface area contributed by atoms with E-state index in [9.17, 15) is 4.79 Å². The van der Waals surface area contributed by atoms with E-state index in [1.165, 1.54) is 0 Å². The van der Waals surface area contributed by atoms with E-state index >= 15 is 0 Å². The highest BCUT2D eigenvalue weighted by Gasteiger charge is 2.29. The van der Waals surface area contributed by atoms with Crippen LogP contribution in [0.5, 0.6) is 0 Å². The van der Waals surface area contributed by atoms with Gasteiger partial charge < -0.3 is 15.4 Å². The standard InChI is InChI=1S/C12H20N4O2/c1-4-8-5-10(16(2)15-8)12(17)14-9-6-13-7-11(9)18-3/h5,9,11,13H,4,6-7H2,1-3H3,(H,14,17)/t9?,11-/m0/s1. The summed E-state index contributed by atoms with van der Waals surface area (Å²) in [6, 6.07) is 1.85. The normalized spacial score (nSPS) is 23.3. The van der Waals surface area contributed by atoms with E-state index < -0.39 is 0 Å². The van der Waals surface area contributed by atoms with Crippen molar-refractivity contribution in [3.63, 3.8) is 0 Å². The van der Waals surface area contributed by atoms with Crippen LogP contribution in [0.25, 0.3) is 0 Å².